The fourth-order valence-corrected chi connectivity index (χ4v) is 3.00. The Kier molecular flexibility index (Phi) is 4.09. The van der Waals surface area contributed by atoms with Crippen LogP contribution >= 0.6 is 0 Å². The molecule has 1 aliphatic rings. The van der Waals surface area contributed by atoms with Gasteiger partial charge in [-0.15, -0.1) is 0 Å². The van der Waals surface area contributed by atoms with E-state index in [9.17, 15) is 13.6 Å². The van der Waals surface area contributed by atoms with Gasteiger partial charge in [0.1, 0.15) is 11.6 Å². The summed E-state index contributed by atoms with van der Waals surface area (Å²) in [7, 11) is 0. The van der Waals surface area contributed by atoms with Crippen LogP contribution in [0.5, 0.6) is 0 Å². The molecule has 5 heteroatoms. The minimum absolute atomic E-state index is 0.189. The topological polar surface area (TPSA) is 40.5 Å². The fraction of sp³-hybridized carbons (Fsp3) is 0.533. The number of hydrogen-bond donors (Lipinski definition) is 1. The van der Waals surface area contributed by atoms with Gasteiger partial charge in [0.2, 0.25) is 0 Å². The Morgan fingerprint density at radius 2 is 2.05 bits per heavy atom. The van der Waals surface area contributed by atoms with Crippen molar-refractivity contribution in [2.24, 2.45) is 5.92 Å². The molecule has 0 radical (unpaired) electrons. The first-order chi connectivity index (χ1) is 9.32. The van der Waals surface area contributed by atoms with E-state index in [0.717, 1.165) is 0 Å². The normalized spacial score (nSPS) is 24.9. The SMILES string of the molecule is Cc1cc(F)c(C(C)N2CCC(C(=O)O)C2C)cc1F. The second-order valence-corrected chi connectivity index (χ2v) is 5.51. The summed E-state index contributed by atoms with van der Waals surface area (Å²) in [5.41, 5.74) is 0.558. The first-order valence-electron chi connectivity index (χ1n) is 6.77. The lowest BCUT2D eigenvalue weighted by molar-refractivity contribution is -0.142. The number of benzene rings is 1. The molecule has 0 amide bonds. The molecule has 3 unspecified atom stereocenters. The van der Waals surface area contributed by atoms with Crippen molar-refractivity contribution < 1.29 is 18.7 Å². The molecule has 110 valence electrons. The molecule has 0 aliphatic carbocycles. The number of likely N-dealkylation sites (tertiary alicyclic amines) is 1. The number of rotatable bonds is 3. The van der Waals surface area contributed by atoms with Gasteiger partial charge < -0.3 is 5.11 Å². The molecule has 0 spiro atoms. The minimum Gasteiger partial charge on any atom is -0.481 e. The first kappa shape index (κ1) is 14.9. The number of carboxylic acids is 1. The average molecular weight is 283 g/mol. The highest BCUT2D eigenvalue weighted by atomic mass is 19.1. The van der Waals surface area contributed by atoms with Crippen LogP contribution in [-0.4, -0.2) is 28.6 Å². The molecule has 1 aromatic rings. The quantitative estimate of drug-likeness (QED) is 0.926. The summed E-state index contributed by atoms with van der Waals surface area (Å²) >= 11 is 0. The smallest absolute Gasteiger partial charge is 0.308 e. The number of aryl methyl sites for hydroxylation is 1. The van der Waals surface area contributed by atoms with Crippen LogP contribution in [0.4, 0.5) is 8.78 Å². The Balaban J connectivity index is 2.26. The number of hydrogen-bond acceptors (Lipinski definition) is 2. The molecule has 2 rings (SSSR count). The molecule has 1 N–H and O–H groups in total. The Bertz CT molecular complexity index is 533. The summed E-state index contributed by atoms with van der Waals surface area (Å²) in [6.45, 7) is 5.71. The van der Waals surface area contributed by atoms with E-state index in [-0.39, 0.29) is 23.2 Å². The van der Waals surface area contributed by atoms with Gasteiger partial charge in [-0.25, -0.2) is 8.78 Å². The van der Waals surface area contributed by atoms with Gasteiger partial charge in [-0.1, -0.05) is 0 Å². The highest BCUT2D eigenvalue weighted by molar-refractivity contribution is 5.71. The summed E-state index contributed by atoms with van der Waals surface area (Å²) in [6, 6.07) is 1.88. The second kappa shape index (κ2) is 5.48. The Hall–Kier alpha value is -1.49. The molecule has 0 bridgehead atoms. The van der Waals surface area contributed by atoms with Crippen molar-refractivity contribution in [3.8, 4) is 0 Å². The zero-order valence-electron chi connectivity index (χ0n) is 11.9. The number of nitrogens with zero attached hydrogens (tertiary/aromatic N) is 1. The number of halogens is 2. The lowest BCUT2D eigenvalue weighted by Gasteiger charge is -2.30. The maximum absolute atomic E-state index is 14.0. The molecule has 3 nitrogen and oxygen atoms in total. The van der Waals surface area contributed by atoms with E-state index in [0.29, 0.717) is 13.0 Å². The van der Waals surface area contributed by atoms with Crippen molar-refractivity contribution in [2.45, 2.75) is 39.3 Å². The molecule has 1 heterocycles. The number of carbonyl (C=O) groups is 1. The Morgan fingerprint density at radius 3 is 2.60 bits per heavy atom. The summed E-state index contributed by atoms with van der Waals surface area (Å²) in [4.78, 5) is 13.0. The predicted octanol–water partition coefficient (Wildman–Crippen LogP) is 3.13. The highest BCUT2D eigenvalue weighted by Crippen LogP contribution is 2.34. The van der Waals surface area contributed by atoms with Gasteiger partial charge in [-0.05, 0) is 51.4 Å². The van der Waals surface area contributed by atoms with Crippen LogP contribution in [0.25, 0.3) is 0 Å². The zero-order chi connectivity index (χ0) is 15.0. The highest BCUT2D eigenvalue weighted by Gasteiger charge is 2.38. The molecule has 3 atom stereocenters. The van der Waals surface area contributed by atoms with Crippen LogP contribution in [0.1, 0.15) is 37.4 Å². The third-order valence-electron chi connectivity index (χ3n) is 4.35. The molecule has 20 heavy (non-hydrogen) atoms. The summed E-state index contributed by atoms with van der Waals surface area (Å²) in [5.74, 6) is -2.16. The third-order valence-corrected chi connectivity index (χ3v) is 4.35. The Morgan fingerprint density at radius 1 is 1.40 bits per heavy atom. The van der Waals surface area contributed by atoms with Crippen LogP contribution in [0, 0.1) is 24.5 Å². The van der Waals surface area contributed by atoms with Crippen LogP contribution in [0.15, 0.2) is 12.1 Å². The number of carboxylic acid groups (broad SMARTS) is 1. The molecule has 0 saturated carbocycles. The van der Waals surface area contributed by atoms with Crippen LogP contribution < -0.4 is 0 Å². The van der Waals surface area contributed by atoms with Crippen molar-refractivity contribution in [1.29, 1.82) is 0 Å². The summed E-state index contributed by atoms with van der Waals surface area (Å²) in [5, 5.41) is 9.13. The number of aliphatic carboxylic acids is 1. The molecular weight excluding hydrogens is 264 g/mol. The third kappa shape index (κ3) is 2.54. The van der Waals surface area contributed by atoms with Crippen molar-refractivity contribution in [2.75, 3.05) is 6.54 Å². The molecular formula is C15H19F2NO2. The summed E-state index contributed by atoms with van der Waals surface area (Å²) < 4.78 is 27.6. The van der Waals surface area contributed by atoms with E-state index in [1.54, 1.807) is 6.92 Å². The molecule has 0 aromatic heterocycles. The molecule has 1 aliphatic heterocycles. The lowest BCUT2D eigenvalue weighted by atomic mass is 10.00. The van der Waals surface area contributed by atoms with Crippen LogP contribution in [-0.2, 0) is 4.79 Å². The van der Waals surface area contributed by atoms with E-state index in [1.807, 2.05) is 11.8 Å². The fourth-order valence-electron chi connectivity index (χ4n) is 3.00. The maximum Gasteiger partial charge on any atom is 0.308 e. The molecule has 1 saturated heterocycles. The predicted molar refractivity (Wildman–Crippen MR) is 71.4 cm³/mol. The van der Waals surface area contributed by atoms with E-state index < -0.39 is 23.5 Å². The largest absolute Gasteiger partial charge is 0.481 e. The molecule has 1 fully saturated rings. The zero-order valence-corrected chi connectivity index (χ0v) is 11.9. The lowest BCUT2D eigenvalue weighted by Crippen LogP contribution is -2.35. The van der Waals surface area contributed by atoms with Gasteiger partial charge in [-0.3, -0.25) is 9.69 Å². The van der Waals surface area contributed by atoms with E-state index in [1.165, 1.54) is 19.1 Å². The minimum atomic E-state index is -0.831. The van der Waals surface area contributed by atoms with Crippen molar-refractivity contribution in [3.63, 3.8) is 0 Å². The Labute approximate surface area is 117 Å². The van der Waals surface area contributed by atoms with Gasteiger partial charge in [0, 0.05) is 17.6 Å². The van der Waals surface area contributed by atoms with E-state index in [2.05, 4.69) is 0 Å². The summed E-state index contributed by atoms with van der Waals surface area (Å²) in [6.07, 6.45) is 0.538. The maximum atomic E-state index is 14.0. The average Bonchev–Trinajstić information content (AvgIpc) is 2.75. The van der Waals surface area contributed by atoms with Crippen LogP contribution in [0.3, 0.4) is 0 Å². The van der Waals surface area contributed by atoms with E-state index in [4.69, 9.17) is 5.11 Å². The van der Waals surface area contributed by atoms with Crippen LogP contribution in [0.2, 0.25) is 0 Å². The van der Waals surface area contributed by atoms with Gasteiger partial charge in [0.15, 0.2) is 0 Å². The van der Waals surface area contributed by atoms with Gasteiger partial charge in [-0.2, -0.15) is 0 Å². The van der Waals surface area contributed by atoms with Crippen molar-refractivity contribution >= 4 is 5.97 Å². The van der Waals surface area contributed by atoms with Crippen molar-refractivity contribution in [1.82, 2.24) is 4.90 Å². The standard InChI is InChI=1S/C15H19F2NO2/c1-8-6-14(17)12(7-13(8)16)10(3)18-5-4-11(9(18)2)15(19)20/h6-7,9-11H,4-5H2,1-3H3,(H,19,20). The first-order valence-corrected chi connectivity index (χ1v) is 6.77. The van der Waals surface area contributed by atoms with Gasteiger partial charge in [0.25, 0.3) is 0 Å². The van der Waals surface area contributed by atoms with Crippen molar-refractivity contribution in [3.05, 3.63) is 34.9 Å². The van der Waals surface area contributed by atoms with E-state index >= 15 is 0 Å². The monoisotopic (exact) mass is 283 g/mol. The van der Waals surface area contributed by atoms with Gasteiger partial charge >= 0.3 is 5.97 Å². The van der Waals surface area contributed by atoms with Gasteiger partial charge in [0.05, 0.1) is 5.92 Å². The molecule has 1 aromatic carbocycles. The second-order valence-electron chi connectivity index (χ2n) is 5.51.